The third-order valence-corrected chi connectivity index (χ3v) is 2.54. The van der Waals surface area contributed by atoms with Gasteiger partial charge in [0.1, 0.15) is 10.9 Å². The first-order valence-electron chi connectivity index (χ1n) is 5.08. The van der Waals surface area contributed by atoms with E-state index in [4.69, 9.17) is 16.3 Å². The van der Waals surface area contributed by atoms with Crippen LogP contribution >= 0.6 is 11.6 Å². The first kappa shape index (κ1) is 11.0. The van der Waals surface area contributed by atoms with Crippen molar-refractivity contribution in [3.05, 3.63) is 47.8 Å². The number of benzene rings is 1. The van der Waals surface area contributed by atoms with E-state index in [0.717, 1.165) is 16.3 Å². The summed E-state index contributed by atoms with van der Waals surface area (Å²) in [5.74, 6) is 0.678. The van der Waals surface area contributed by atoms with E-state index in [0.29, 0.717) is 17.5 Å². The number of aromatic nitrogens is 1. The summed E-state index contributed by atoms with van der Waals surface area (Å²) in [6.45, 7) is 6.43. The smallest absolute Gasteiger partial charge is 0.129 e. The van der Waals surface area contributed by atoms with Gasteiger partial charge in [-0.05, 0) is 24.4 Å². The lowest BCUT2D eigenvalue weighted by Gasteiger charge is -2.07. The number of pyridine rings is 1. The van der Waals surface area contributed by atoms with Crippen molar-refractivity contribution in [2.45, 2.75) is 6.92 Å². The van der Waals surface area contributed by atoms with E-state index in [-0.39, 0.29) is 0 Å². The molecular formula is C13H12ClNO. The molecule has 0 aliphatic heterocycles. The number of nitrogens with zero attached hydrogens (tertiary/aromatic N) is 1. The molecule has 0 aliphatic carbocycles. The van der Waals surface area contributed by atoms with Crippen LogP contribution in [-0.4, -0.2) is 11.6 Å². The fourth-order valence-electron chi connectivity index (χ4n) is 1.55. The molecule has 0 amide bonds. The van der Waals surface area contributed by atoms with Crippen molar-refractivity contribution in [1.82, 2.24) is 4.98 Å². The number of hydrogen-bond acceptors (Lipinski definition) is 2. The van der Waals surface area contributed by atoms with Crippen LogP contribution in [0.1, 0.15) is 12.5 Å². The molecular weight excluding hydrogens is 222 g/mol. The zero-order chi connectivity index (χ0) is 11.5. The van der Waals surface area contributed by atoms with Gasteiger partial charge < -0.3 is 4.74 Å². The number of hydrogen-bond donors (Lipinski definition) is 0. The largest absolute Gasteiger partial charge is 0.494 e. The Morgan fingerprint density at radius 2 is 2.19 bits per heavy atom. The Kier molecular flexibility index (Phi) is 3.11. The van der Waals surface area contributed by atoms with Gasteiger partial charge in [0.05, 0.1) is 6.61 Å². The van der Waals surface area contributed by atoms with Crippen molar-refractivity contribution < 1.29 is 4.74 Å². The molecule has 3 heteroatoms. The number of fused-ring (bicyclic) bond motifs is 1. The maximum Gasteiger partial charge on any atom is 0.129 e. The van der Waals surface area contributed by atoms with Crippen molar-refractivity contribution in [1.29, 1.82) is 0 Å². The van der Waals surface area contributed by atoms with E-state index in [2.05, 4.69) is 11.6 Å². The van der Waals surface area contributed by atoms with E-state index < -0.39 is 0 Å². The second-order valence-electron chi connectivity index (χ2n) is 3.43. The highest BCUT2D eigenvalue weighted by Gasteiger charge is 2.02. The van der Waals surface area contributed by atoms with Crippen LogP contribution in [-0.2, 0) is 4.74 Å². The fraction of sp³-hybridized carbons (Fsp3) is 0.154. The summed E-state index contributed by atoms with van der Waals surface area (Å²) in [4.78, 5) is 4.03. The van der Waals surface area contributed by atoms with Crippen LogP contribution in [0.3, 0.4) is 0 Å². The quantitative estimate of drug-likeness (QED) is 0.593. The van der Waals surface area contributed by atoms with E-state index in [1.165, 1.54) is 0 Å². The SMILES string of the molecule is C=C(OCC)c1ccc2cnc(Cl)cc2c1. The minimum atomic E-state index is 0.492. The Balaban J connectivity index is 2.46. The summed E-state index contributed by atoms with van der Waals surface area (Å²) >= 11 is 5.85. The predicted molar refractivity (Wildman–Crippen MR) is 67.4 cm³/mol. The monoisotopic (exact) mass is 233 g/mol. The molecule has 0 bridgehead atoms. The van der Waals surface area contributed by atoms with Gasteiger partial charge in [-0.2, -0.15) is 0 Å². The lowest BCUT2D eigenvalue weighted by Crippen LogP contribution is -1.90. The van der Waals surface area contributed by atoms with Gasteiger partial charge in [-0.15, -0.1) is 0 Å². The zero-order valence-corrected chi connectivity index (χ0v) is 9.79. The van der Waals surface area contributed by atoms with E-state index in [9.17, 15) is 0 Å². The number of rotatable bonds is 3. The van der Waals surface area contributed by atoms with Gasteiger partial charge >= 0.3 is 0 Å². The van der Waals surface area contributed by atoms with Crippen LogP contribution in [0.2, 0.25) is 5.15 Å². The third-order valence-electron chi connectivity index (χ3n) is 2.33. The van der Waals surface area contributed by atoms with Gasteiger partial charge in [-0.1, -0.05) is 30.3 Å². The first-order valence-corrected chi connectivity index (χ1v) is 5.46. The lowest BCUT2D eigenvalue weighted by atomic mass is 10.1. The molecule has 0 atom stereocenters. The van der Waals surface area contributed by atoms with E-state index in [1.807, 2.05) is 31.2 Å². The van der Waals surface area contributed by atoms with Crippen LogP contribution in [0, 0.1) is 0 Å². The summed E-state index contributed by atoms with van der Waals surface area (Å²) in [6, 6.07) is 7.79. The standard InChI is InChI=1S/C13H12ClNO/c1-3-16-9(2)10-4-5-11-8-15-13(14)7-12(11)6-10/h4-8H,2-3H2,1H3. The van der Waals surface area contributed by atoms with Gasteiger partial charge in [0, 0.05) is 17.1 Å². The van der Waals surface area contributed by atoms with Crippen molar-refractivity contribution in [2.24, 2.45) is 0 Å². The molecule has 2 nitrogen and oxygen atoms in total. The molecule has 82 valence electrons. The topological polar surface area (TPSA) is 22.1 Å². The number of halogens is 1. The maximum atomic E-state index is 5.85. The molecule has 1 aromatic carbocycles. The van der Waals surface area contributed by atoms with Crippen LogP contribution < -0.4 is 0 Å². The second kappa shape index (κ2) is 4.54. The second-order valence-corrected chi connectivity index (χ2v) is 3.81. The van der Waals surface area contributed by atoms with Crippen LogP contribution in [0.4, 0.5) is 0 Å². The highest BCUT2D eigenvalue weighted by atomic mass is 35.5. The van der Waals surface area contributed by atoms with Gasteiger partial charge in [0.15, 0.2) is 0 Å². The predicted octanol–water partition coefficient (Wildman–Crippen LogP) is 3.90. The Morgan fingerprint density at radius 1 is 1.38 bits per heavy atom. The first-order chi connectivity index (χ1) is 7.70. The van der Waals surface area contributed by atoms with Crippen LogP contribution in [0.25, 0.3) is 16.5 Å². The highest BCUT2D eigenvalue weighted by Crippen LogP contribution is 2.22. The van der Waals surface area contributed by atoms with Crippen molar-refractivity contribution in [3.63, 3.8) is 0 Å². The lowest BCUT2D eigenvalue weighted by molar-refractivity contribution is 0.299. The van der Waals surface area contributed by atoms with Gasteiger partial charge in [-0.25, -0.2) is 4.98 Å². The minimum Gasteiger partial charge on any atom is -0.494 e. The van der Waals surface area contributed by atoms with Gasteiger partial charge in [0.2, 0.25) is 0 Å². The molecule has 16 heavy (non-hydrogen) atoms. The van der Waals surface area contributed by atoms with Crippen molar-refractivity contribution in [2.75, 3.05) is 6.61 Å². The molecule has 0 fully saturated rings. The molecule has 0 saturated heterocycles. The molecule has 0 saturated carbocycles. The summed E-state index contributed by atoms with van der Waals surface area (Å²) in [7, 11) is 0. The molecule has 0 aliphatic rings. The Bertz CT molecular complexity index is 536. The molecule has 1 aromatic heterocycles. The summed E-state index contributed by atoms with van der Waals surface area (Å²) in [5.41, 5.74) is 0.969. The highest BCUT2D eigenvalue weighted by molar-refractivity contribution is 6.30. The summed E-state index contributed by atoms with van der Waals surface area (Å²) in [5, 5.41) is 2.59. The minimum absolute atomic E-state index is 0.492. The maximum absolute atomic E-state index is 5.85. The van der Waals surface area contributed by atoms with E-state index >= 15 is 0 Å². The summed E-state index contributed by atoms with van der Waals surface area (Å²) in [6.07, 6.45) is 1.75. The molecule has 0 spiro atoms. The Hall–Kier alpha value is -1.54. The third kappa shape index (κ3) is 2.17. The molecule has 0 unspecified atom stereocenters. The fourth-order valence-corrected chi connectivity index (χ4v) is 1.71. The van der Waals surface area contributed by atoms with Crippen molar-refractivity contribution >= 4 is 28.1 Å². The molecule has 1 heterocycles. The van der Waals surface area contributed by atoms with Gasteiger partial charge in [-0.3, -0.25) is 0 Å². The van der Waals surface area contributed by atoms with E-state index in [1.54, 1.807) is 6.20 Å². The van der Waals surface area contributed by atoms with Crippen LogP contribution in [0.5, 0.6) is 0 Å². The number of ether oxygens (including phenoxy) is 1. The molecule has 2 rings (SSSR count). The zero-order valence-electron chi connectivity index (χ0n) is 9.03. The molecule has 0 radical (unpaired) electrons. The Labute approximate surface area is 99.5 Å². The van der Waals surface area contributed by atoms with Gasteiger partial charge in [0.25, 0.3) is 0 Å². The summed E-state index contributed by atoms with van der Waals surface area (Å²) < 4.78 is 5.36. The molecule has 2 aromatic rings. The van der Waals surface area contributed by atoms with Crippen LogP contribution in [0.15, 0.2) is 37.0 Å². The normalized spacial score (nSPS) is 10.4. The Morgan fingerprint density at radius 3 is 2.94 bits per heavy atom. The van der Waals surface area contributed by atoms with Crippen molar-refractivity contribution in [3.8, 4) is 0 Å². The average Bonchev–Trinajstić information content (AvgIpc) is 2.28. The molecule has 0 N–H and O–H groups in total. The average molecular weight is 234 g/mol.